The van der Waals surface area contributed by atoms with Crippen molar-refractivity contribution in [3.8, 4) is 0 Å². The minimum Gasteiger partial charge on any atom is -0.0836 e. The van der Waals surface area contributed by atoms with Gasteiger partial charge in [0.05, 0.1) is 0 Å². The average Bonchev–Trinajstić information content (AvgIpc) is 1.83. The monoisotopic (exact) mass is 186 g/mol. The Hall–Kier alpha value is -0.0400. The highest BCUT2D eigenvalue weighted by Gasteiger charge is 2.09. The molecule has 1 aliphatic rings. The predicted molar refractivity (Wildman–Crippen MR) is 44.5 cm³/mol. The molecule has 0 amide bonds. The largest absolute Gasteiger partial charge is 0.0836 e. The molecule has 50 valence electrons. The quantitative estimate of drug-likeness (QED) is 0.546. The van der Waals surface area contributed by atoms with E-state index in [1.165, 1.54) is 16.5 Å². The van der Waals surface area contributed by atoms with Crippen molar-refractivity contribution in [1.82, 2.24) is 0 Å². The molecule has 1 atom stereocenters. The zero-order valence-electron chi connectivity index (χ0n) is 5.82. The molecule has 0 aliphatic heterocycles. The van der Waals surface area contributed by atoms with E-state index in [4.69, 9.17) is 0 Å². The average molecular weight is 187 g/mol. The molecular weight excluding hydrogens is 176 g/mol. The van der Waals surface area contributed by atoms with Crippen LogP contribution in [0.5, 0.6) is 0 Å². The van der Waals surface area contributed by atoms with E-state index in [-0.39, 0.29) is 0 Å². The molecule has 0 heterocycles. The molecule has 1 heteroatoms. The van der Waals surface area contributed by atoms with Crippen LogP contribution in [0.15, 0.2) is 22.2 Å². The first kappa shape index (κ1) is 7.07. The maximum Gasteiger partial charge on any atom is 0.00110 e. The first-order valence-corrected chi connectivity index (χ1v) is 4.04. The fraction of sp³-hybridized carbons (Fsp3) is 0.500. The highest BCUT2D eigenvalue weighted by Crippen LogP contribution is 2.28. The lowest BCUT2D eigenvalue weighted by Crippen LogP contribution is -1.97. The van der Waals surface area contributed by atoms with Crippen LogP contribution in [0.4, 0.5) is 0 Å². The van der Waals surface area contributed by atoms with Gasteiger partial charge in [-0.25, -0.2) is 0 Å². The van der Waals surface area contributed by atoms with Gasteiger partial charge in [0.25, 0.3) is 0 Å². The van der Waals surface area contributed by atoms with Gasteiger partial charge in [-0.15, -0.1) is 0 Å². The van der Waals surface area contributed by atoms with Crippen LogP contribution in [0.3, 0.4) is 0 Å². The van der Waals surface area contributed by atoms with E-state index < -0.39 is 0 Å². The maximum absolute atomic E-state index is 3.55. The summed E-state index contributed by atoms with van der Waals surface area (Å²) in [4.78, 5) is 0. The molecule has 0 N–H and O–H groups in total. The summed E-state index contributed by atoms with van der Waals surface area (Å²) in [5.41, 5.74) is 1.37. The molecule has 0 aromatic rings. The third kappa shape index (κ3) is 1.45. The van der Waals surface area contributed by atoms with Gasteiger partial charge in [-0.2, -0.15) is 0 Å². The topological polar surface area (TPSA) is 0 Å². The zero-order valence-corrected chi connectivity index (χ0v) is 7.40. The van der Waals surface area contributed by atoms with Crippen LogP contribution in [0.2, 0.25) is 0 Å². The van der Waals surface area contributed by atoms with Gasteiger partial charge < -0.3 is 0 Å². The molecule has 1 rings (SSSR count). The molecular formula is C8H11Br. The van der Waals surface area contributed by atoms with Crippen LogP contribution in [-0.4, -0.2) is 0 Å². The fourth-order valence-corrected chi connectivity index (χ4v) is 1.34. The molecule has 0 aromatic heterocycles. The summed E-state index contributed by atoms with van der Waals surface area (Å²) >= 11 is 3.55. The van der Waals surface area contributed by atoms with E-state index in [1.54, 1.807) is 0 Å². The smallest absolute Gasteiger partial charge is 0.00110 e. The summed E-state index contributed by atoms with van der Waals surface area (Å²) in [6, 6.07) is 0. The normalized spacial score (nSPS) is 27.2. The molecule has 0 nitrogen and oxygen atoms in total. The Bertz CT molecular complexity index is 165. The molecule has 0 unspecified atom stereocenters. The van der Waals surface area contributed by atoms with Crippen LogP contribution in [0.25, 0.3) is 0 Å². The molecule has 0 saturated carbocycles. The third-order valence-electron chi connectivity index (χ3n) is 1.67. The Morgan fingerprint density at radius 3 is 2.78 bits per heavy atom. The van der Waals surface area contributed by atoms with E-state index in [9.17, 15) is 0 Å². The highest BCUT2D eigenvalue weighted by molar-refractivity contribution is 9.11. The Labute approximate surface area is 64.8 Å². The standard InChI is InChI=1S/C8H11Br/c1-6-4-3-5-7(2)8(6)9/h3-4,7H,5H2,1-2H3/t7-/m1/s1. The molecule has 0 radical (unpaired) electrons. The SMILES string of the molecule is CC1=C(Br)[C@H](C)CC=C1. The number of halogens is 1. The Morgan fingerprint density at radius 1 is 1.67 bits per heavy atom. The van der Waals surface area contributed by atoms with Gasteiger partial charge >= 0.3 is 0 Å². The van der Waals surface area contributed by atoms with Crippen molar-refractivity contribution in [3.63, 3.8) is 0 Å². The van der Waals surface area contributed by atoms with Crippen LogP contribution >= 0.6 is 15.9 Å². The van der Waals surface area contributed by atoms with E-state index >= 15 is 0 Å². The van der Waals surface area contributed by atoms with Crippen LogP contribution < -0.4 is 0 Å². The lowest BCUT2D eigenvalue weighted by molar-refractivity contribution is 0.719. The number of allylic oxidation sites excluding steroid dienone is 4. The summed E-state index contributed by atoms with van der Waals surface area (Å²) in [7, 11) is 0. The van der Waals surface area contributed by atoms with Gasteiger partial charge in [-0.3, -0.25) is 0 Å². The van der Waals surface area contributed by atoms with Crippen LogP contribution in [0, 0.1) is 5.92 Å². The summed E-state index contributed by atoms with van der Waals surface area (Å²) < 4.78 is 1.37. The molecule has 0 bridgehead atoms. The number of hydrogen-bond donors (Lipinski definition) is 0. The van der Waals surface area contributed by atoms with Crippen molar-refractivity contribution < 1.29 is 0 Å². The van der Waals surface area contributed by atoms with Crippen molar-refractivity contribution in [1.29, 1.82) is 0 Å². The predicted octanol–water partition coefficient (Wildman–Crippen LogP) is 3.25. The Morgan fingerprint density at radius 2 is 2.33 bits per heavy atom. The van der Waals surface area contributed by atoms with E-state index in [0.29, 0.717) is 5.92 Å². The van der Waals surface area contributed by atoms with Crippen molar-refractivity contribution in [3.05, 3.63) is 22.2 Å². The minimum atomic E-state index is 0.690. The van der Waals surface area contributed by atoms with Crippen molar-refractivity contribution in [2.24, 2.45) is 5.92 Å². The summed E-state index contributed by atoms with van der Waals surface area (Å²) in [5, 5.41) is 0. The lowest BCUT2D eigenvalue weighted by Gasteiger charge is -2.14. The second kappa shape index (κ2) is 2.70. The first-order chi connectivity index (χ1) is 4.22. The molecule has 0 spiro atoms. The molecule has 9 heavy (non-hydrogen) atoms. The maximum atomic E-state index is 3.55. The highest BCUT2D eigenvalue weighted by atomic mass is 79.9. The van der Waals surface area contributed by atoms with Crippen molar-refractivity contribution in [2.45, 2.75) is 20.3 Å². The summed E-state index contributed by atoms with van der Waals surface area (Å²) in [6.07, 6.45) is 5.58. The van der Waals surface area contributed by atoms with Gasteiger partial charge in [-0.05, 0) is 24.8 Å². The summed E-state index contributed by atoms with van der Waals surface area (Å²) in [6.45, 7) is 4.37. The first-order valence-electron chi connectivity index (χ1n) is 3.24. The van der Waals surface area contributed by atoms with E-state index in [0.717, 1.165) is 0 Å². The molecule has 0 fully saturated rings. The van der Waals surface area contributed by atoms with E-state index in [2.05, 4.69) is 41.9 Å². The van der Waals surface area contributed by atoms with E-state index in [1.807, 2.05) is 0 Å². The summed E-state index contributed by atoms with van der Waals surface area (Å²) in [5.74, 6) is 0.690. The Balaban J connectivity index is 2.83. The molecule has 0 saturated heterocycles. The van der Waals surface area contributed by atoms with Gasteiger partial charge in [-0.1, -0.05) is 35.0 Å². The van der Waals surface area contributed by atoms with Gasteiger partial charge in [0.15, 0.2) is 0 Å². The zero-order chi connectivity index (χ0) is 6.85. The minimum absolute atomic E-state index is 0.690. The Kier molecular flexibility index (Phi) is 2.12. The van der Waals surface area contributed by atoms with Crippen LogP contribution in [-0.2, 0) is 0 Å². The second-order valence-electron chi connectivity index (χ2n) is 2.57. The van der Waals surface area contributed by atoms with Crippen molar-refractivity contribution >= 4 is 15.9 Å². The fourth-order valence-electron chi connectivity index (χ4n) is 1.02. The molecule has 1 aliphatic carbocycles. The van der Waals surface area contributed by atoms with Gasteiger partial charge in [0.1, 0.15) is 0 Å². The van der Waals surface area contributed by atoms with Gasteiger partial charge in [0.2, 0.25) is 0 Å². The number of hydrogen-bond acceptors (Lipinski definition) is 0. The van der Waals surface area contributed by atoms with Crippen molar-refractivity contribution in [2.75, 3.05) is 0 Å². The molecule has 0 aromatic carbocycles. The number of rotatable bonds is 0. The second-order valence-corrected chi connectivity index (χ2v) is 3.42. The van der Waals surface area contributed by atoms with Gasteiger partial charge in [0, 0.05) is 4.48 Å². The van der Waals surface area contributed by atoms with Crippen LogP contribution in [0.1, 0.15) is 20.3 Å². The lowest BCUT2D eigenvalue weighted by atomic mass is 9.99. The third-order valence-corrected chi connectivity index (χ3v) is 3.07.